The number of nitrogens with one attached hydrogen (secondary N) is 1. The van der Waals surface area contributed by atoms with E-state index in [1.807, 2.05) is 18.2 Å². The van der Waals surface area contributed by atoms with E-state index in [1.165, 1.54) is 0 Å². The number of benzene rings is 1. The number of hydrogen-bond donors (Lipinski definition) is 2. The van der Waals surface area contributed by atoms with Crippen LogP contribution in [0.4, 0.5) is 0 Å². The Balaban J connectivity index is 1.81. The monoisotopic (exact) mass is 289 g/mol. The van der Waals surface area contributed by atoms with Crippen molar-refractivity contribution in [2.75, 3.05) is 12.4 Å². The lowest BCUT2D eigenvalue weighted by Gasteiger charge is -2.07. The molecule has 0 saturated carbocycles. The van der Waals surface area contributed by atoms with E-state index in [4.69, 9.17) is 10.6 Å². The van der Waals surface area contributed by atoms with Gasteiger partial charge in [0, 0.05) is 28.6 Å². The van der Waals surface area contributed by atoms with E-state index in [1.54, 1.807) is 42.4 Å². The van der Waals surface area contributed by atoms with Crippen LogP contribution in [0.25, 0.3) is 0 Å². The summed E-state index contributed by atoms with van der Waals surface area (Å²) >= 11 is 1.69. The summed E-state index contributed by atoms with van der Waals surface area (Å²) in [6.07, 6.45) is 3.52. The molecule has 0 bridgehead atoms. The maximum absolute atomic E-state index is 11.4. The van der Waals surface area contributed by atoms with Crippen molar-refractivity contribution < 1.29 is 9.53 Å². The lowest BCUT2D eigenvalue weighted by atomic mass is 10.2. The molecule has 1 aromatic heterocycles. The fourth-order valence-electron chi connectivity index (χ4n) is 1.56. The third-order valence-corrected chi connectivity index (χ3v) is 3.47. The number of aromatic nitrogens is 1. The van der Waals surface area contributed by atoms with Crippen LogP contribution in [0.2, 0.25) is 0 Å². The number of hydrogen-bond acceptors (Lipinski definition) is 5. The third kappa shape index (κ3) is 4.25. The summed E-state index contributed by atoms with van der Waals surface area (Å²) in [4.78, 5) is 16.5. The molecule has 20 heavy (non-hydrogen) atoms. The van der Waals surface area contributed by atoms with E-state index in [-0.39, 0.29) is 5.91 Å². The number of hydrazine groups is 1. The van der Waals surface area contributed by atoms with Crippen molar-refractivity contribution in [2.45, 2.75) is 4.90 Å². The zero-order valence-electron chi connectivity index (χ0n) is 10.8. The van der Waals surface area contributed by atoms with E-state index in [0.29, 0.717) is 17.9 Å². The maximum Gasteiger partial charge on any atom is 0.265 e. The number of amides is 1. The first kappa shape index (κ1) is 14.4. The lowest BCUT2D eigenvalue weighted by Crippen LogP contribution is -2.29. The highest BCUT2D eigenvalue weighted by molar-refractivity contribution is 7.99. The van der Waals surface area contributed by atoms with Gasteiger partial charge in [-0.05, 0) is 30.3 Å². The third-order valence-electron chi connectivity index (χ3n) is 2.50. The van der Waals surface area contributed by atoms with E-state index < -0.39 is 0 Å². The van der Waals surface area contributed by atoms with Gasteiger partial charge in [-0.1, -0.05) is 6.07 Å². The van der Waals surface area contributed by atoms with Crippen LogP contribution in [0.5, 0.6) is 5.75 Å². The number of carbonyl (C=O) groups excluding carboxylic acids is 1. The van der Waals surface area contributed by atoms with Gasteiger partial charge in [0.15, 0.2) is 0 Å². The van der Waals surface area contributed by atoms with Gasteiger partial charge in [-0.25, -0.2) is 5.84 Å². The van der Waals surface area contributed by atoms with Crippen molar-refractivity contribution in [3.63, 3.8) is 0 Å². The smallest absolute Gasteiger partial charge is 0.265 e. The number of nitrogens with two attached hydrogens (primary N) is 1. The molecule has 0 aliphatic heterocycles. The van der Waals surface area contributed by atoms with Crippen LogP contribution in [0, 0.1) is 0 Å². The summed E-state index contributed by atoms with van der Waals surface area (Å²) in [6.45, 7) is 0.556. The number of carbonyl (C=O) groups is 1. The van der Waals surface area contributed by atoms with Gasteiger partial charge in [-0.15, -0.1) is 11.8 Å². The number of ether oxygens (including phenoxy) is 1. The molecular weight excluding hydrogens is 274 g/mol. The SMILES string of the molecule is NNC(=O)c1cccc(OCCSc2ccncc2)c1. The fourth-order valence-corrected chi connectivity index (χ4v) is 2.28. The second-order valence-electron chi connectivity index (χ2n) is 3.88. The van der Waals surface area contributed by atoms with Gasteiger partial charge < -0.3 is 4.74 Å². The molecule has 104 valence electrons. The predicted octanol–water partition coefficient (Wildman–Crippen LogP) is 1.86. The standard InChI is InChI=1S/C14H15N3O2S/c15-17-14(18)11-2-1-3-12(10-11)19-8-9-20-13-4-6-16-7-5-13/h1-7,10H,8-9,15H2,(H,17,18). The molecule has 2 aromatic rings. The molecule has 1 amide bonds. The molecule has 0 unspecified atom stereocenters. The minimum Gasteiger partial charge on any atom is -0.493 e. The predicted molar refractivity (Wildman–Crippen MR) is 78.6 cm³/mol. The van der Waals surface area contributed by atoms with E-state index >= 15 is 0 Å². The number of nitrogens with zero attached hydrogens (tertiary/aromatic N) is 1. The largest absolute Gasteiger partial charge is 0.493 e. The Morgan fingerprint density at radius 1 is 1.30 bits per heavy atom. The summed E-state index contributed by atoms with van der Waals surface area (Å²) in [6, 6.07) is 10.8. The zero-order chi connectivity index (χ0) is 14.2. The highest BCUT2D eigenvalue weighted by Gasteiger charge is 2.04. The minimum absolute atomic E-state index is 0.332. The van der Waals surface area contributed by atoms with Crippen LogP contribution < -0.4 is 16.0 Å². The second kappa shape index (κ2) is 7.52. The molecule has 0 aliphatic rings. The van der Waals surface area contributed by atoms with Gasteiger partial charge in [0.05, 0.1) is 6.61 Å². The summed E-state index contributed by atoms with van der Waals surface area (Å²) in [5, 5.41) is 0. The fraction of sp³-hybridized carbons (Fsp3) is 0.143. The van der Waals surface area contributed by atoms with Crippen molar-refractivity contribution in [2.24, 2.45) is 5.84 Å². The molecule has 5 nitrogen and oxygen atoms in total. The summed E-state index contributed by atoms with van der Waals surface area (Å²) in [5.74, 6) is 6.23. The molecule has 1 aromatic carbocycles. The Morgan fingerprint density at radius 2 is 2.10 bits per heavy atom. The average Bonchev–Trinajstić information content (AvgIpc) is 2.52. The van der Waals surface area contributed by atoms with Gasteiger partial charge in [-0.3, -0.25) is 15.2 Å². The van der Waals surface area contributed by atoms with Crippen LogP contribution in [-0.4, -0.2) is 23.3 Å². The van der Waals surface area contributed by atoms with Crippen LogP contribution in [0.3, 0.4) is 0 Å². The van der Waals surface area contributed by atoms with Crippen molar-refractivity contribution in [3.8, 4) is 5.75 Å². The Hall–Kier alpha value is -2.05. The second-order valence-corrected chi connectivity index (χ2v) is 5.05. The first-order valence-corrected chi connectivity index (χ1v) is 7.05. The normalized spacial score (nSPS) is 10.1. The first-order valence-electron chi connectivity index (χ1n) is 6.06. The zero-order valence-corrected chi connectivity index (χ0v) is 11.6. The lowest BCUT2D eigenvalue weighted by molar-refractivity contribution is 0.0953. The maximum atomic E-state index is 11.4. The minimum atomic E-state index is -0.332. The first-order chi connectivity index (χ1) is 9.79. The molecule has 0 spiro atoms. The van der Waals surface area contributed by atoms with E-state index in [2.05, 4.69) is 10.4 Å². The van der Waals surface area contributed by atoms with Gasteiger partial charge in [0.25, 0.3) is 5.91 Å². The molecule has 1 heterocycles. The number of pyridine rings is 1. The van der Waals surface area contributed by atoms with E-state index in [9.17, 15) is 4.79 Å². The van der Waals surface area contributed by atoms with Crippen molar-refractivity contribution in [1.29, 1.82) is 0 Å². The molecular formula is C14H15N3O2S. The molecule has 0 radical (unpaired) electrons. The number of nitrogen functional groups attached to an aromatic ring is 1. The topological polar surface area (TPSA) is 77.2 Å². The Bertz CT molecular complexity index is 563. The van der Waals surface area contributed by atoms with Gasteiger partial charge in [-0.2, -0.15) is 0 Å². The van der Waals surface area contributed by atoms with Crippen LogP contribution in [0.1, 0.15) is 10.4 Å². The molecule has 2 rings (SSSR count). The quantitative estimate of drug-likeness (QED) is 0.279. The summed E-state index contributed by atoms with van der Waals surface area (Å²) < 4.78 is 5.61. The van der Waals surface area contributed by atoms with Crippen molar-refractivity contribution in [1.82, 2.24) is 10.4 Å². The van der Waals surface area contributed by atoms with Crippen molar-refractivity contribution in [3.05, 3.63) is 54.4 Å². The molecule has 0 aliphatic carbocycles. The number of thioether (sulfide) groups is 1. The van der Waals surface area contributed by atoms with Crippen molar-refractivity contribution >= 4 is 17.7 Å². The Labute approximate surface area is 121 Å². The summed E-state index contributed by atoms with van der Waals surface area (Å²) in [7, 11) is 0. The average molecular weight is 289 g/mol. The van der Waals surface area contributed by atoms with E-state index in [0.717, 1.165) is 10.6 Å². The molecule has 0 atom stereocenters. The van der Waals surface area contributed by atoms with Gasteiger partial charge in [0.1, 0.15) is 5.75 Å². The highest BCUT2D eigenvalue weighted by Crippen LogP contribution is 2.17. The molecule has 3 N–H and O–H groups in total. The van der Waals surface area contributed by atoms with Gasteiger partial charge >= 0.3 is 0 Å². The highest BCUT2D eigenvalue weighted by atomic mass is 32.2. The number of rotatable bonds is 6. The van der Waals surface area contributed by atoms with Gasteiger partial charge in [0.2, 0.25) is 0 Å². The van der Waals surface area contributed by atoms with Crippen LogP contribution >= 0.6 is 11.8 Å². The molecule has 6 heteroatoms. The summed E-state index contributed by atoms with van der Waals surface area (Å²) in [5.41, 5.74) is 2.57. The molecule has 0 saturated heterocycles. The van der Waals surface area contributed by atoms with Crippen LogP contribution in [-0.2, 0) is 0 Å². The van der Waals surface area contributed by atoms with Crippen LogP contribution in [0.15, 0.2) is 53.7 Å². The Kier molecular flexibility index (Phi) is 5.40. The molecule has 0 fully saturated rings. The Morgan fingerprint density at radius 3 is 2.85 bits per heavy atom.